The minimum Gasteiger partial charge on any atom is -0.507 e. The van der Waals surface area contributed by atoms with Gasteiger partial charge in [0, 0.05) is 12.0 Å². The number of ketones is 2. The fourth-order valence-electron chi connectivity index (χ4n) is 2.76. The van der Waals surface area contributed by atoms with Crippen LogP contribution in [0.3, 0.4) is 0 Å². The summed E-state index contributed by atoms with van der Waals surface area (Å²) in [7, 11) is 0. The Morgan fingerprint density at radius 3 is 2.25 bits per heavy atom. The number of carbonyl (C=O) groups excluding carboxylic acids is 3. The number of rotatable bonds is 6. The summed E-state index contributed by atoms with van der Waals surface area (Å²) in [6, 6.07) is 1.08. The fraction of sp³-hybridized carbons (Fsp3) is 0.381. The number of allylic oxidation sites excluding steroid dienone is 2. The van der Waals surface area contributed by atoms with Crippen molar-refractivity contribution in [2.45, 2.75) is 45.8 Å². The number of hydrogen-bond acceptors (Lipinski definition) is 7. The molecule has 1 aromatic carbocycles. The predicted molar refractivity (Wildman–Crippen MR) is 101 cm³/mol. The standard InChI is InChI=1S/C21H24O7/c1-11(2)9-17(25)28-16(7-8-21(3,4)27)12-10-15(24)18-13(22)5-6-14(23)19(18)20(12)26/h5-8,10-11,16,24,26-27H,9H2,1-4H3/b8-7+. The van der Waals surface area contributed by atoms with E-state index in [2.05, 4.69) is 0 Å². The minimum absolute atomic E-state index is 0.0290. The Bertz CT molecular complexity index is 870. The minimum atomic E-state index is -1.23. The maximum absolute atomic E-state index is 12.2. The van der Waals surface area contributed by atoms with Crippen LogP contribution < -0.4 is 0 Å². The van der Waals surface area contributed by atoms with E-state index in [1.807, 2.05) is 13.8 Å². The predicted octanol–water partition coefficient (Wildman–Crippen LogP) is 2.99. The fourth-order valence-corrected chi connectivity index (χ4v) is 2.76. The van der Waals surface area contributed by atoms with Crippen LogP contribution in [0.15, 0.2) is 30.4 Å². The number of phenolic OH excluding ortho intramolecular Hbond substituents is 2. The first-order valence-corrected chi connectivity index (χ1v) is 8.87. The van der Waals surface area contributed by atoms with Crippen LogP contribution in [0.5, 0.6) is 11.5 Å². The SMILES string of the molecule is CC(C)CC(=O)OC(/C=C/C(C)(C)O)c1cc(O)c2c(c1O)C(=O)C=CC2=O. The molecule has 28 heavy (non-hydrogen) atoms. The summed E-state index contributed by atoms with van der Waals surface area (Å²) >= 11 is 0. The van der Waals surface area contributed by atoms with E-state index >= 15 is 0 Å². The molecule has 1 unspecified atom stereocenters. The van der Waals surface area contributed by atoms with E-state index in [0.717, 1.165) is 18.2 Å². The molecule has 1 aliphatic rings. The van der Waals surface area contributed by atoms with Gasteiger partial charge in [-0.1, -0.05) is 19.9 Å². The molecule has 150 valence electrons. The summed E-state index contributed by atoms with van der Waals surface area (Å²) in [4.78, 5) is 36.4. The molecule has 1 aliphatic carbocycles. The molecule has 0 bridgehead atoms. The lowest BCUT2D eigenvalue weighted by Gasteiger charge is -2.22. The molecule has 0 heterocycles. The summed E-state index contributed by atoms with van der Waals surface area (Å²) in [6.07, 6.45) is 3.66. The van der Waals surface area contributed by atoms with Gasteiger partial charge in [0.05, 0.1) is 16.7 Å². The Hall–Kier alpha value is -2.93. The molecule has 0 radical (unpaired) electrons. The van der Waals surface area contributed by atoms with Crippen molar-refractivity contribution in [1.82, 2.24) is 0 Å². The Morgan fingerprint density at radius 1 is 1.14 bits per heavy atom. The molecule has 2 rings (SSSR count). The van der Waals surface area contributed by atoms with Crippen LogP contribution in [0.1, 0.15) is 66.5 Å². The number of carbonyl (C=O) groups is 3. The van der Waals surface area contributed by atoms with Crippen molar-refractivity contribution in [2.75, 3.05) is 0 Å². The van der Waals surface area contributed by atoms with Gasteiger partial charge in [-0.2, -0.15) is 0 Å². The third-order valence-electron chi connectivity index (χ3n) is 4.01. The Morgan fingerprint density at radius 2 is 1.71 bits per heavy atom. The second kappa shape index (κ2) is 7.98. The average Bonchev–Trinajstić information content (AvgIpc) is 2.55. The van der Waals surface area contributed by atoms with Crippen molar-refractivity contribution in [2.24, 2.45) is 5.92 Å². The number of ether oxygens (including phenoxy) is 1. The van der Waals surface area contributed by atoms with Crippen LogP contribution in [0.4, 0.5) is 0 Å². The molecule has 0 spiro atoms. The highest BCUT2D eigenvalue weighted by atomic mass is 16.5. The van der Waals surface area contributed by atoms with Gasteiger partial charge in [-0.05, 0) is 44.1 Å². The monoisotopic (exact) mass is 388 g/mol. The molecule has 0 saturated heterocycles. The number of aliphatic hydroxyl groups is 1. The van der Waals surface area contributed by atoms with Gasteiger partial charge < -0.3 is 20.1 Å². The van der Waals surface area contributed by atoms with Gasteiger partial charge >= 0.3 is 5.97 Å². The van der Waals surface area contributed by atoms with Gasteiger partial charge in [0.2, 0.25) is 0 Å². The van der Waals surface area contributed by atoms with Gasteiger partial charge in [-0.3, -0.25) is 14.4 Å². The summed E-state index contributed by atoms with van der Waals surface area (Å²) in [6.45, 7) is 6.69. The molecule has 1 aromatic rings. The largest absolute Gasteiger partial charge is 0.507 e. The molecule has 0 aliphatic heterocycles. The molecule has 0 fully saturated rings. The topological polar surface area (TPSA) is 121 Å². The molecule has 7 heteroatoms. The highest BCUT2D eigenvalue weighted by Crippen LogP contribution is 2.40. The lowest BCUT2D eigenvalue weighted by atomic mass is 9.89. The molecular weight excluding hydrogens is 364 g/mol. The summed E-state index contributed by atoms with van der Waals surface area (Å²) in [5.41, 5.74) is -1.94. The van der Waals surface area contributed by atoms with Crippen molar-refractivity contribution < 1.29 is 34.4 Å². The van der Waals surface area contributed by atoms with Gasteiger partial charge in [0.25, 0.3) is 0 Å². The van der Waals surface area contributed by atoms with Gasteiger partial charge in [0.1, 0.15) is 17.6 Å². The van der Waals surface area contributed by atoms with E-state index < -0.39 is 40.7 Å². The summed E-state index contributed by atoms with van der Waals surface area (Å²) in [5.74, 6) is -2.86. The van der Waals surface area contributed by atoms with E-state index in [4.69, 9.17) is 4.74 Å². The molecule has 0 amide bonds. The molecule has 0 saturated carbocycles. The Kier molecular flexibility index (Phi) is 6.09. The average molecular weight is 388 g/mol. The molecule has 7 nitrogen and oxygen atoms in total. The zero-order valence-electron chi connectivity index (χ0n) is 16.2. The van der Waals surface area contributed by atoms with E-state index in [1.54, 1.807) is 0 Å². The van der Waals surface area contributed by atoms with Crippen molar-refractivity contribution in [1.29, 1.82) is 0 Å². The first kappa shape index (κ1) is 21.4. The lowest BCUT2D eigenvalue weighted by Crippen LogP contribution is -2.18. The number of benzene rings is 1. The van der Waals surface area contributed by atoms with Gasteiger partial charge in [0.15, 0.2) is 11.6 Å². The quantitative estimate of drug-likeness (QED) is 0.389. The number of hydrogen-bond donors (Lipinski definition) is 3. The van der Waals surface area contributed by atoms with E-state index in [-0.39, 0.29) is 29.0 Å². The molecule has 1 atom stereocenters. The Labute approximate surface area is 163 Å². The van der Waals surface area contributed by atoms with Crippen LogP contribution in [-0.4, -0.2) is 38.5 Å². The van der Waals surface area contributed by atoms with Gasteiger partial charge in [-0.15, -0.1) is 0 Å². The van der Waals surface area contributed by atoms with Crippen molar-refractivity contribution >= 4 is 17.5 Å². The lowest BCUT2D eigenvalue weighted by molar-refractivity contribution is -0.148. The number of phenols is 2. The molecule has 0 aromatic heterocycles. The van der Waals surface area contributed by atoms with Crippen LogP contribution >= 0.6 is 0 Å². The second-order valence-corrected chi connectivity index (χ2v) is 7.67. The van der Waals surface area contributed by atoms with E-state index in [0.29, 0.717) is 0 Å². The van der Waals surface area contributed by atoms with E-state index in [9.17, 15) is 29.7 Å². The van der Waals surface area contributed by atoms with Crippen molar-refractivity contribution in [3.8, 4) is 11.5 Å². The highest BCUT2D eigenvalue weighted by molar-refractivity contribution is 6.24. The summed E-state index contributed by atoms with van der Waals surface area (Å²) < 4.78 is 5.41. The van der Waals surface area contributed by atoms with Gasteiger partial charge in [-0.25, -0.2) is 0 Å². The third-order valence-corrected chi connectivity index (χ3v) is 4.01. The maximum atomic E-state index is 12.2. The zero-order valence-corrected chi connectivity index (χ0v) is 16.2. The van der Waals surface area contributed by atoms with Crippen molar-refractivity contribution in [3.05, 3.63) is 47.1 Å². The van der Waals surface area contributed by atoms with Crippen LogP contribution in [0, 0.1) is 5.92 Å². The molecular formula is C21H24O7. The summed E-state index contributed by atoms with van der Waals surface area (Å²) in [5, 5.41) is 30.8. The first-order chi connectivity index (χ1) is 12.9. The number of esters is 1. The molecule has 3 N–H and O–H groups in total. The third kappa shape index (κ3) is 4.86. The normalized spacial score (nSPS) is 15.2. The maximum Gasteiger partial charge on any atom is 0.306 e. The van der Waals surface area contributed by atoms with Crippen LogP contribution in [0.2, 0.25) is 0 Å². The number of fused-ring (bicyclic) bond motifs is 1. The van der Waals surface area contributed by atoms with E-state index in [1.165, 1.54) is 26.0 Å². The number of aromatic hydroxyl groups is 2. The smallest absolute Gasteiger partial charge is 0.306 e. The van der Waals surface area contributed by atoms with Crippen LogP contribution in [0.25, 0.3) is 0 Å². The zero-order chi connectivity index (χ0) is 21.2. The highest BCUT2D eigenvalue weighted by Gasteiger charge is 2.31. The van der Waals surface area contributed by atoms with Crippen molar-refractivity contribution in [3.63, 3.8) is 0 Å². The first-order valence-electron chi connectivity index (χ1n) is 8.87. The second-order valence-electron chi connectivity index (χ2n) is 7.67. The van der Waals surface area contributed by atoms with Crippen LogP contribution in [-0.2, 0) is 9.53 Å². The Balaban J connectivity index is 2.57.